The Morgan fingerprint density at radius 1 is 1.09 bits per heavy atom. The highest BCUT2D eigenvalue weighted by Crippen LogP contribution is 2.37. The van der Waals surface area contributed by atoms with Gasteiger partial charge in [0.05, 0.1) is 16.7 Å². The molecular formula is C26H40N4O4Si. The van der Waals surface area contributed by atoms with Gasteiger partial charge in [0, 0.05) is 33.2 Å². The molecular weight excluding hydrogens is 460 g/mol. The molecule has 0 aliphatic carbocycles. The van der Waals surface area contributed by atoms with Crippen LogP contribution in [0.4, 0.5) is 5.69 Å². The van der Waals surface area contributed by atoms with E-state index in [0.29, 0.717) is 12.3 Å². The van der Waals surface area contributed by atoms with Crippen LogP contribution in [0.3, 0.4) is 0 Å². The lowest BCUT2D eigenvalue weighted by Crippen LogP contribution is -2.44. The quantitative estimate of drug-likeness (QED) is 0.480. The van der Waals surface area contributed by atoms with Crippen molar-refractivity contribution in [2.24, 2.45) is 13.0 Å². The fraction of sp³-hybridized carbons (Fsp3) is 0.654. The van der Waals surface area contributed by atoms with Crippen LogP contribution in [0.15, 0.2) is 23.0 Å². The van der Waals surface area contributed by atoms with Gasteiger partial charge in [-0.2, -0.15) is 0 Å². The highest BCUT2D eigenvalue weighted by atomic mass is 28.4. The second-order valence-electron chi connectivity index (χ2n) is 11.7. The molecule has 9 heteroatoms. The van der Waals surface area contributed by atoms with E-state index in [2.05, 4.69) is 50.1 Å². The first-order valence-corrected chi connectivity index (χ1v) is 15.7. The zero-order valence-electron chi connectivity index (χ0n) is 22.0. The Labute approximate surface area is 208 Å². The molecule has 8 nitrogen and oxygen atoms in total. The minimum atomic E-state index is -1.71. The van der Waals surface area contributed by atoms with Gasteiger partial charge in [-0.3, -0.25) is 24.0 Å². The first-order valence-electron chi connectivity index (χ1n) is 12.8. The van der Waals surface area contributed by atoms with Crippen LogP contribution in [0.25, 0.3) is 11.0 Å². The normalized spacial score (nSPS) is 20.5. The maximum Gasteiger partial charge on any atom is 0.329 e. The average molecular weight is 501 g/mol. The van der Waals surface area contributed by atoms with Crippen molar-refractivity contribution in [2.45, 2.75) is 77.0 Å². The van der Waals surface area contributed by atoms with Crippen molar-refractivity contribution in [2.75, 3.05) is 24.6 Å². The number of para-hydroxylation sites is 1. The molecule has 1 N–H and O–H groups in total. The van der Waals surface area contributed by atoms with Gasteiger partial charge in [0.1, 0.15) is 6.04 Å². The van der Waals surface area contributed by atoms with Crippen molar-refractivity contribution in [3.63, 3.8) is 0 Å². The molecule has 2 aliphatic rings. The van der Waals surface area contributed by atoms with Crippen LogP contribution in [0.2, 0.25) is 18.1 Å². The summed E-state index contributed by atoms with van der Waals surface area (Å²) < 4.78 is 9.61. The Morgan fingerprint density at radius 3 is 2.40 bits per heavy atom. The number of hydrogen-bond acceptors (Lipinski definition) is 5. The van der Waals surface area contributed by atoms with Gasteiger partial charge in [-0.15, -0.1) is 0 Å². The highest BCUT2D eigenvalue weighted by molar-refractivity contribution is 6.74. The molecule has 2 fully saturated rings. The molecule has 0 bridgehead atoms. The second-order valence-corrected chi connectivity index (χ2v) is 16.5. The van der Waals surface area contributed by atoms with Crippen molar-refractivity contribution in [3.8, 4) is 0 Å². The number of fused-ring (bicyclic) bond motifs is 1. The van der Waals surface area contributed by atoms with E-state index in [9.17, 15) is 14.4 Å². The number of rotatable bonds is 6. The zero-order chi connectivity index (χ0) is 25.5. The molecule has 0 saturated carbocycles. The molecule has 192 valence electrons. The van der Waals surface area contributed by atoms with Gasteiger partial charge in [0.25, 0.3) is 0 Å². The van der Waals surface area contributed by atoms with E-state index in [1.807, 2.05) is 12.1 Å². The zero-order valence-corrected chi connectivity index (χ0v) is 23.0. The van der Waals surface area contributed by atoms with E-state index in [1.54, 1.807) is 16.2 Å². The summed E-state index contributed by atoms with van der Waals surface area (Å²) in [5, 5.41) is 2.61. The number of piperidine rings is 2. The van der Waals surface area contributed by atoms with Crippen LogP contribution in [0.1, 0.15) is 58.9 Å². The van der Waals surface area contributed by atoms with Crippen LogP contribution in [0.5, 0.6) is 0 Å². The Kier molecular flexibility index (Phi) is 7.03. The predicted molar refractivity (Wildman–Crippen MR) is 141 cm³/mol. The average Bonchev–Trinajstić information content (AvgIpc) is 3.04. The number of aryl methyl sites for hydroxylation is 1. The van der Waals surface area contributed by atoms with Gasteiger partial charge >= 0.3 is 5.69 Å². The maximum absolute atomic E-state index is 13.2. The number of nitrogens with zero attached hydrogens (tertiary/aromatic N) is 3. The lowest BCUT2D eigenvalue weighted by molar-refractivity contribution is -0.135. The van der Waals surface area contributed by atoms with Crippen LogP contribution in [-0.2, 0) is 21.1 Å². The number of imidazole rings is 1. The monoisotopic (exact) mass is 500 g/mol. The third-order valence-electron chi connectivity index (χ3n) is 8.35. The summed E-state index contributed by atoms with van der Waals surface area (Å²) in [6, 6.07) is 5.26. The molecule has 1 aromatic heterocycles. The highest BCUT2D eigenvalue weighted by Gasteiger charge is 2.37. The SMILES string of the molecule is Cn1c(=O)n(C2CCC(=O)NC2=O)c2cccc(N3CCC(CCO[Si](C)(C)C(C)(C)C)CC3)c21. The van der Waals surface area contributed by atoms with Gasteiger partial charge in [-0.25, -0.2) is 4.79 Å². The van der Waals surface area contributed by atoms with E-state index in [-0.39, 0.29) is 23.1 Å². The summed E-state index contributed by atoms with van der Waals surface area (Å²) >= 11 is 0. The standard InChI is InChI=1S/C26H40N4O4Si/c1-26(2,3)35(5,6)34-17-14-18-12-15-29(16-13-18)19-8-7-9-20-23(19)28(4)25(33)30(20)21-10-11-22(31)27-24(21)32/h7-9,18,21H,10-17H2,1-6H3,(H,27,31,32). The van der Waals surface area contributed by atoms with Crippen molar-refractivity contribution in [3.05, 3.63) is 28.7 Å². The Bertz CT molecular complexity index is 1170. The molecule has 1 unspecified atom stereocenters. The third-order valence-corrected chi connectivity index (χ3v) is 12.9. The van der Waals surface area contributed by atoms with Crippen LogP contribution in [0, 0.1) is 5.92 Å². The van der Waals surface area contributed by atoms with E-state index >= 15 is 0 Å². The Hall–Kier alpha value is -2.39. The molecule has 1 aromatic carbocycles. The number of imide groups is 1. The number of amides is 2. The smallest absolute Gasteiger partial charge is 0.329 e. The van der Waals surface area contributed by atoms with Crippen LogP contribution < -0.4 is 15.9 Å². The molecule has 0 radical (unpaired) electrons. The second kappa shape index (κ2) is 9.58. The molecule has 4 rings (SSSR count). The fourth-order valence-electron chi connectivity index (χ4n) is 5.06. The number of carbonyl (C=O) groups excluding carboxylic acids is 2. The molecule has 3 heterocycles. The van der Waals surface area contributed by atoms with Gasteiger partial charge in [-0.1, -0.05) is 26.8 Å². The topological polar surface area (TPSA) is 85.6 Å². The lowest BCUT2D eigenvalue weighted by atomic mass is 9.93. The van der Waals surface area contributed by atoms with Gasteiger partial charge in [0.2, 0.25) is 11.8 Å². The number of nitrogens with one attached hydrogen (secondary N) is 1. The van der Waals surface area contributed by atoms with Crippen molar-refractivity contribution in [1.29, 1.82) is 0 Å². The Morgan fingerprint density at radius 2 is 1.77 bits per heavy atom. The molecule has 2 amide bonds. The molecule has 2 aromatic rings. The van der Waals surface area contributed by atoms with Crippen molar-refractivity contribution < 1.29 is 14.0 Å². The minimum absolute atomic E-state index is 0.223. The van der Waals surface area contributed by atoms with E-state index in [1.165, 1.54) is 0 Å². The molecule has 35 heavy (non-hydrogen) atoms. The summed E-state index contributed by atoms with van der Waals surface area (Å²) in [7, 11) is 0.0544. The largest absolute Gasteiger partial charge is 0.417 e. The number of hydrogen-bond donors (Lipinski definition) is 1. The maximum atomic E-state index is 13.2. The van der Waals surface area contributed by atoms with E-state index in [4.69, 9.17) is 4.43 Å². The van der Waals surface area contributed by atoms with Crippen molar-refractivity contribution >= 4 is 36.9 Å². The van der Waals surface area contributed by atoms with Gasteiger partial charge in [-0.05, 0) is 61.9 Å². The molecule has 2 saturated heterocycles. The van der Waals surface area contributed by atoms with Crippen molar-refractivity contribution in [1.82, 2.24) is 14.5 Å². The van der Waals surface area contributed by atoms with Gasteiger partial charge < -0.3 is 9.33 Å². The fourth-order valence-corrected chi connectivity index (χ4v) is 6.12. The minimum Gasteiger partial charge on any atom is -0.417 e. The van der Waals surface area contributed by atoms with Crippen LogP contribution >= 0.6 is 0 Å². The molecule has 1 atom stereocenters. The first-order chi connectivity index (χ1) is 16.4. The summed E-state index contributed by atoms with van der Waals surface area (Å²) in [4.78, 5) is 39.7. The van der Waals surface area contributed by atoms with E-state index < -0.39 is 20.3 Å². The number of anilines is 1. The molecule has 2 aliphatic heterocycles. The predicted octanol–water partition coefficient (Wildman–Crippen LogP) is 3.95. The van der Waals surface area contributed by atoms with E-state index in [0.717, 1.165) is 55.7 Å². The summed E-state index contributed by atoms with van der Waals surface area (Å²) in [6.07, 6.45) is 3.87. The number of carbonyl (C=O) groups is 2. The number of aromatic nitrogens is 2. The first kappa shape index (κ1) is 25.7. The summed E-state index contributed by atoms with van der Waals surface area (Å²) in [6.45, 7) is 14.1. The summed E-state index contributed by atoms with van der Waals surface area (Å²) in [5.74, 6) is -0.0353. The third kappa shape index (κ3) is 4.98. The summed E-state index contributed by atoms with van der Waals surface area (Å²) in [5.41, 5.74) is 2.40. The van der Waals surface area contributed by atoms with Gasteiger partial charge in [0.15, 0.2) is 8.32 Å². The Balaban J connectivity index is 1.48. The number of benzene rings is 1. The molecule has 0 spiro atoms. The lowest BCUT2D eigenvalue weighted by Gasteiger charge is -2.37. The van der Waals surface area contributed by atoms with Crippen LogP contribution in [-0.4, -0.2) is 49.0 Å².